The predicted octanol–water partition coefficient (Wildman–Crippen LogP) is 3.06. The van der Waals surface area contributed by atoms with Crippen LogP contribution in [0.15, 0.2) is 65.1 Å². The van der Waals surface area contributed by atoms with Crippen molar-refractivity contribution in [3.8, 4) is 0 Å². The van der Waals surface area contributed by atoms with Gasteiger partial charge in [-0.3, -0.25) is 14.5 Å². The molecule has 27 heavy (non-hydrogen) atoms. The number of rotatable bonds is 5. The number of hydrogen-bond acceptors (Lipinski definition) is 3. The fourth-order valence-electron chi connectivity index (χ4n) is 2.99. The van der Waals surface area contributed by atoms with E-state index in [2.05, 4.69) is 15.9 Å². The highest BCUT2D eigenvalue weighted by atomic mass is 79.9. The maximum atomic E-state index is 12.8. The summed E-state index contributed by atoms with van der Waals surface area (Å²) in [7, 11) is 0. The molecule has 1 aliphatic heterocycles. The van der Waals surface area contributed by atoms with Gasteiger partial charge in [-0.15, -0.1) is 0 Å². The van der Waals surface area contributed by atoms with Crippen LogP contribution in [0.2, 0.25) is 0 Å². The molecular weight excluding hydrogens is 406 g/mol. The summed E-state index contributed by atoms with van der Waals surface area (Å²) in [4.78, 5) is 28.7. The van der Waals surface area contributed by atoms with E-state index in [1.54, 1.807) is 11.0 Å². The van der Waals surface area contributed by atoms with Gasteiger partial charge in [0.05, 0.1) is 0 Å². The molecule has 3 rings (SSSR count). The lowest BCUT2D eigenvalue weighted by atomic mass is 10.2. The fourth-order valence-corrected chi connectivity index (χ4v) is 3.25. The molecule has 2 aromatic rings. The van der Waals surface area contributed by atoms with E-state index >= 15 is 0 Å². The molecule has 0 aliphatic carbocycles. The second-order valence-electron chi connectivity index (χ2n) is 6.53. The van der Waals surface area contributed by atoms with E-state index in [0.29, 0.717) is 18.8 Å². The quantitative estimate of drug-likeness (QED) is 0.745. The molecule has 1 heterocycles. The van der Waals surface area contributed by atoms with Crippen molar-refractivity contribution in [2.75, 3.05) is 24.5 Å². The topological polar surface area (TPSA) is 66.6 Å². The summed E-state index contributed by atoms with van der Waals surface area (Å²) in [6, 6.07) is 17.0. The zero-order valence-electron chi connectivity index (χ0n) is 14.9. The Hall–Kier alpha value is -2.44. The highest BCUT2D eigenvalue weighted by Gasteiger charge is 2.26. The summed E-state index contributed by atoms with van der Waals surface area (Å²) in [6.07, 6.45) is 4.05. The van der Waals surface area contributed by atoms with Gasteiger partial charge in [0.25, 0.3) is 5.91 Å². The second-order valence-corrected chi connectivity index (χ2v) is 7.45. The Labute approximate surface area is 167 Å². The lowest BCUT2D eigenvalue weighted by molar-refractivity contribution is -0.130. The van der Waals surface area contributed by atoms with Crippen molar-refractivity contribution in [2.45, 2.75) is 12.5 Å². The number of benzene rings is 2. The average molecular weight is 428 g/mol. The zero-order chi connectivity index (χ0) is 19.2. The number of carbonyl (C=O) groups excluding carboxylic acids is 2. The Morgan fingerprint density at radius 2 is 1.85 bits per heavy atom. The average Bonchev–Trinajstić information content (AvgIpc) is 3.12. The number of likely N-dealkylation sites (tertiary alicyclic amines) is 1. The third-order valence-electron chi connectivity index (χ3n) is 4.49. The van der Waals surface area contributed by atoms with E-state index in [9.17, 15) is 9.59 Å². The summed E-state index contributed by atoms with van der Waals surface area (Å²) in [5.41, 5.74) is 7.51. The zero-order valence-corrected chi connectivity index (χ0v) is 16.5. The molecule has 0 radical (unpaired) electrons. The SMILES string of the molecule is N[C@H]1CCN(C(=O)CN(C(=O)/C=C/c2ccccc2)c2ccc(Br)cc2)C1. The van der Waals surface area contributed by atoms with E-state index in [-0.39, 0.29) is 24.4 Å². The highest BCUT2D eigenvalue weighted by Crippen LogP contribution is 2.20. The van der Waals surface area contributed by atoms with E-state index in [1.165, 1.54) is 11.0 Å². The summed E-state index contributed by atoms with van der Waals surface area (Å²) >= 11 is 3.40. The van der Waals surface area contributed by atoms with Gasteiger partial charge in [0.2, 0.25) is 5.91 Å². The largest absolute Gasteiger partial charge is 0.340 e. The van der Waals surface area contributed by atoms with Crippen molar-refractivity contribution in [1.29, 1.82) is 0 Å². The first-order valence-electron chi connectivity index (χ1n) is 8.86. The standard InChI is InChI=1S/C21H22BrN3O2/c22-17-7-9-19(10-8-17)25(15-21(27)24-13-12-18(23)14-24)20(26)11-6-16-4-2-1-3-5-16/h1-11,18H,12-15,23H2/b11-6+/t18-/m0/s1. The van der Waals surface area contributed by atoms with Crippen LogP contribution in [0.1, 0.15) is 12.0 Å². The van der Waals surface area contributed by atoms with Crippen LogP contribution in [0.5, 0.6) is 0 Å². The molecule has 1 fully saturated rings. The van der Waals surface area contributed by atoms with Crippen LogP contribution < -0.4 is 10.6 Å². The summed E-state index contributed by atoms with van der Waals surface area (Å²) in [5.74, 6) is -0.328. The molecule has 1 atom stereocenters. The lowest BCUT2D eigenvalue weighted by Gasteiger charge is -2.24. The molecule has 2 aromatic carbocycles. The minimum absolute atomic E-state index is 0.00762. The first-order valence-corrected chi connectivity index (χ1v) is 9.66. The Morgan fingerprint density at radius 1 is 1.15 bits per heavy atom. The molecule has 0 unspecified atom stereocenters. The summed E-state index contributed by atoms with van der Waals surface area (Å²) < 4.78 is 0.912. The third-order valence-corrected chi connectivity index (χ3v) is 5.02. The Kier molecular flexibility index (Phi) is 6.42. The smallest absolute Gasteiger partial charge is 0.251 e. The van der Waals surface area contributed by atoms with Crippen molar-refractivity contribution in [3.05, 3.63) is 70.7 Å². The number of anilines is 1. The monoisotopic (exact) mass is 427 g/mol. The van der Waals surface area contributed by atoms with Gasteiger partial charge >= 0.3 is 0 Å². The van der Waals surface area contributed by atoms with E-state index in [1.807, 2.05) is 54.6 Å². The van der Waals surface area contributed by atoms with Gasteiger partial charge in [-0.05, 0) is 42.3 Å². The van der Waals surface area contributed by atoms with Crippen molar-refractivity contribution < 1.29 is 9.59 Å². The number of carbonyl (C=O) groups is 2. The molecule has 140 valence electrons. The summed E-state index contributed by atoms with van der Waals surface area (Å²) in [6.45, 7) is 1.18. The van der Waals surface area contributed by atoms with Crippen LogP contribution >= 0.6 is 15.9 Å². The highest BCUT2D eigenvalue weighted by molar-refractivity contribution is 9.10. The van der Waals surface area contributed by atoms with E-state index in [0.717, 1.165) is 16.5 Å². The maximum Gasteiger partial charge on any atom is 0.251 e. The number of amides is 2. The molecule has 0 bridgehead atoms. The number of halogens is 1. The number of hydrogen-bond donors (Lipinski definition) is 1. The molecule has 1 saturated heterocycles. The molecule has 5 nitrogen and oxygen atoms in total. The van der Waals surface area contributed by atoms with E-state index < -0.39 is 0 Å². The van der Waals surface area contributed by atoms with Crippen molar-refractivity contribution >= 4 is 39.5 Å². The van der Waals surface area contributed by atoms with Gasteiger partial charge in [0.1, 0.15) is 6.54 Å². The maximum absolute atomic E-state index is 12.8. The number of nitrogens with zero attached hydrogens (tertiary/aromatic N) is 2. The van der Waals surface area contributed by atoms with Crippen molar-refractivity contribution in [2.24, 2.45) is 5.73 Å². The Balaban J connectivity index is 1.78. The molecule has 0 saturated carbocycles. The van der Waals surface area contributed by atoms with Gasteiger partial charge < -0.3 is 10.6 Å². The van der Waals surface area contributed by atoms with Crippen LogP contribution in [-0.2, 0) is 9.59 Å². The Bertz CT molecular complexity index is 821. The van der Waals surface area contributed by atoms with Crippen molar-refractivity contribution in [3.63, 3.8) is 0 Å². The normalized spacial score (nSPS) is 16.7. The lowest BCUT2D eigenvalue weighted by Crippen LogP contribution is -2.42. The van der Waals surface area contributed by atoms with Gasteiger partial charge in [0.15, 0.2) is 0 Å². The minimum atomic E-state index is -0.238. The first-order chi connectivity index (χ1) is 13.0. The first kappa shape index (κ1) is 19.3. The Morgan fingerprint density at radius 3 is 2.48 bits per heavy atom. The van der Waals surface area contributed by atoms with Gasteiger partial charge in [-0.25, -0.2) is 0 Å². The minimum Gasteiger partial charge on any atom is -0.340 e. The van der Waals surface area contributed by atoms with Crippen LogP contribution in [0.25, 0.3) is 6.08 Å². The van der Waals surface area contributed by atoms with Crippen LogP contribution in [0.3, 0.4) is 0 Å². The van der Waals surface area contributed by atoms with Gasteiger partial charge in [-0.1, -0.05) is 46.3 Å². The van der Waals surface area contributed by atoms with E-state index in [4.69, 9.17) is 5.73 Å². The molecule has 0 spiro atoms. The molecule has 1 aliphatic rings. The van der Waals surface area contributed by atoms with Crippen molar-refractivity contribution in [1.82, 2.24) is 4.90 Å². The summed E-state index contributed by atoms with van der Waals surface area (Å²) in [5, 5.41) is 0. The van der Waals surface area contributed by atoms with Gasteiger partial charge in [0, 0.05) is 35.4 Å². The van der Waals surface area contributed by atoms with Crippen LogP contribution in [-0.4, -0.2) is 42.4 Å². The molecule has 2 N–H and O–H groups in total. The molecule has 0 aromatic heterocycles. The molecule has 2 amide bonds. The van der Waals surface area contributed by atoms with Crippen LogP contribution in [0.4, 0.5) is 5.69 Å². The fraction of sp³-hybridized carbons (Fsp3) is 0.238. The predicted molar refractivity (Wildman–Crippen MR) is 111 cm³/mol. The molecular formula is C21H22BrN3O2. The van der Waals surface area contributed by atoms with Gasteiger partial charge in [-0.2, -0.15) is 0 Å². The second kappa shape index (κ2) is 8.97. The molecule has 6 heteroatoms. The van der Waals surface area contributed by atoms with Crippen LogP contribution in [0, 0.1) is 0 Å². The third kappa shape index (κ3) is 5.28. The number of nitrogens with two attached hydrogens (primary N) is 1.